The minimum atomic E-state index is -0.471. The molecule has 0 saturated heterocycles. The van der Waals surface area contributed by atoms with Gasteiger partial charge < -0.3 is 10.3 Å². The first-order valence-corrected chi connectivity index (χ1v) is 5.62. The Balaban J connectivity index is 2.07. The molecule has 1 amide bonds. The maximum atomic E-state index is 11.0. The number of carbonyl (C=O) groups excluding carboxylic acids is 1. The summed E-state index contributed by atoms with van der Waals surface area (Å²) in [5.41, 5.74) is 6.51. The minimum absolute atomic E-state index is 0.336. The van der Waals surface area contributed by atoms with Gasteiger partial charge in [0.15, 0.2) is 5.69 Å². The van der Waals surface area contributed by atoms with Crippen molar-refractivity contribution in [2.45, 2.75) is 31.7 Å². The monoisotopic (exact) mass is 218 g/mol. The second-order valence-corrected chi connectivity index (χ2v) is 4.34. The number of fused-ring (bicyclic) bond motifs is 1. The Kier molecular flexibility index (Phi) is 1.99. The number of primary amides is 1. The van der Waals surface area contributed by atoms with Crippen molar-refractivity contribution in [3.8, 4) is 0 Å². The molecule has 1 fully saturated rings. The van der Waals surface area contributed by atoms with E-state index in [0.29, 0.717) is 11.7 Å². The third-order valence-electron chi connectivity index (χ3n) is 3.32. The third kappa shape index (κ3) is 1.31. The van der Waals surface area contributed by atoms with Gasteiger partial charge in [0.05, 0.1) is 0 Å². The molecule has 2 aromatic heterocycles. The van der Waals surface area contributed by atoms with Crippen LogP contribution in [-0.2, 0) is 0 Å². The molecule has 5 nitrogen and oxygen atoms in total. The Bertz CT molecular complexity index is 533. The van der Waals surface area contributed by atoms with Crippen molar-refractivity contribution in [2.75, 3.05) is 0 Å². The summed E-state index contributed by atoms with van der Waals surface area (Å²) >= 11 is 0. The van der Waals surface area contributed by atoms with Crippen LogP contribution in [0.1, 0.15) is 42.2 Å². The van der Waals surface area contributed by atoms with Crippen LogP contribution in [-0.4, -0.2) is 20.1 Å². The van der Waals surface area contributed by atoms with Crippen LogP contribution in [0.15, 0.2) is 18.5 Å². The average Bonchev–Trinajstić information content (AvgIpc) is 2.92. The number of nitrogens with zero attached hydrogens (tertiary/aromatic N) is 3. The molecule has 0 atom stereocenters. The zero-order valence-electron chi connectivity index (χ0n) is 8.97. The molecule has 1 aliphatic carbocycles. The molecule has 84 valence electrons. The van der Waals surface area contributed by atoms with Crippen LogP contribution in [0.3, 0.4) is 0 Å². The van der Waals surface area contributed by atoms with E-state index in [2.05, 4.69) is 9.67 Å². The van der Waals surface area contributed by atoms with Gasteiger partial charge in [0, 0.05) is 24.5 Å². The average molecular weight is 218 g/mol. The summed E-state index contributed by atoms with van der Waals surface area (Å²) < 4.78 is 3.92. The normalized spacial score (nSPS) is 17.2. The first-order valence-electron chi connectivity index (χ1n) is 5.62. The molecule has 5 heteroatoms. The summed E-state index contributed by atoms with van der Waals surface area (Å²) in [6.07, 6.45) is 8.89. The minimum Gasteiger partial charge on any atom is -0.364 e. The molecule has 0 bridgehead atoms. The lowest BCUT2D eigenvalue weighted by Crippen LogP contribution is -2.11. The van der Waals surface area contributed by atoms with Gasteiger partial charge in [-0.15, -0.1) is 0 Å². The molecular weight excluding hydrogens is 204 g/mol. The molecule has 2 N–H and O–H groups in total. The Hall–Kier alpha value is -1.78. The highest BCUT2D eigenvalue weighted by Crippen LogP contribution is 2.31. The number of carbonyl (C=O) groups is 1. The summed E-state index contributed by atoms with van der Waals surface area (Å²) in [7, 11) is 0. The third-order valence-corrected chi connectivity index (χ3v) is 3.32. The van der Waals surface area contributed by atoms with Crippen LogP contribution < -0.4 is 5.73 Å². The molecule has 0 aliphatic heterocycles. The Morgan fingerprint density at radius 2 is 2.12 bits per heavy atom. The highest BCUT2D eigenvalue weighted by Gasteiger charge is 2.19. The lowest BCUT2D eigenvalue weighted by atomic mass is 10.2. The summed E-state index contributed by atoms with van der Waals surface area (Å²) in [6.45, 7) is 0. The van der Waals surface area contributed by atoms with Gasteiger partial charge in [0.25, 0.3) is 5.91 Å². The fraction of sp³-hybridized carbons (Fsp3) is 0.455. The van der Waals surface area contributed by atoms with Gasteiger partial charge in [0.2, 0.25) is 0 Å². The van der Waals surface area contributed by atoms with Gasteiger partial charge in [-0.2, -0.15) is 5.10 Å². The van der Waals surface area contributed by atoms with Crippen molar-refractivity contribution < 1.29 is 4.79 Å². The van der Waals surface area contributed by atoms with E-state index >= 15 is 0 Å². The number of amides is 1. The zero-order chi connectivity index (χ0) is 11.1. The number of hydrogen-bond donors (Lipinski definition) is 1. The molecule has 1 aliphatic rings. The fourth-order valence-electron chi connectivity index (χ4n) is 2.51. The second kappa shape index (κ2) is 3.37. The molecule has 0 radical (unpaired) electrons. The molecule has 2 aromatic rings. The lowest BCUT2D eigenvalue weighted by molar-refractivity contribution is 0.0995. The highest BCUT2D eigenvalue weighted by molar-refractivity contribution is 5.91. The van der Waals surface area contributed by atoms with E-state index < -0.39 is 5.91 Å². The maximum absolute atomic E-state index is 11.0. The maximum Gasteiger partial charge on any atom is 0.269 e. The van der Waals surface area contributed by atoms with Crippen LogP contribution in [0.2, 0.25) is 0 Å². The van der Waals surface area contributed by atoms with E-state index in [1.54, 1.807) is 10.6 Å². The van der Waals surface area contributed by atoms with Crippen molar-refractivity contribution in [3.05, 3.63) is 24.2 Å². The van der Waals surface area contributed by atoms with E-state index in [-0.39, 0.29) is 0 Å². The van der Waals surface area contributed by atoms with Crippen molar-refractivity contribution in [1.82, 2.24) is 14.2 Å². The SMILES string of the molecule is NC(=O)c1cc2n(C3CCCC3)ccn2n1. The molecule has 0 spiro atoms. The topological polar surface area (TPSA) is 65.3 Å². The van der Waals surface area contributed by atoms with Gasteiger partial charge in [-0.1, -0.05) is 12.8 Å². The van der Waals surface area contributed by atoms with Crippen LogP contribution in [0, 0.1) is 0 Å². The lowest BCUT2D eigenvalue weighted by Gasteiger charge is -2.10. The first kappa shape index (κ1) is 9.45. The number of imidazole rings is 1. The van der Waals surface area contributed by atoms with E-state index in [9.17, 15) is 4.79 Å². The van der Waals surface area contributed by atoms with Crippen molar-refractivity contribution in [3.63, 3.8) is 0 Å². The molecule has 0 unspecified atom stereocenters. The van der Waals surface area contributed by atoms with Crippen LogP contribution in [0.5, 0.6) is 0 Å². The van der Waals surface area contributed by atoms with Gasteiger partial charge >= 0.3 is 0 Å². The quantitative estimate of drug-likeness (QED) is 0.826. The number of nitrogens with two attached hydrogens (primary N) is 1. The van der Waals surface area contributed by atoms with E-state index in [1.165, 1.54) is 25.7 Å². The smallest absolute Gasteiger partial charge is 0.269 e. The second-order valence-electron chi connectivity index (χ2n) is 4.34. The van der Waals surface area contributed by atoms with Gasteiger partial charge in [-0.25, -0.2) is 4.52 Å². The molecule has 16 heavy (non-hydrogen) atoms. The molecule has 3 rings (SSSR count). The van der Waals surface area contributed by atoms with Crippen molar-refractivity contribution >= 4 is 11.6 Å². The van der Waals surface area contributed by atoms with Crippen molar-refractivity contribution in [2.24, 2.45) is 5.73 Å². The predicted octanol–water partition coefficient (Wildman–Crippen LogP) is 1.35. The van der Waals surface area contributed by atoms with E-state index in [4.69, 9.17) is 5.73 Å². The highest BCUT2D eigenvalue weighted by atomic mass is 16.1. The summed E-state index contributed by atoms with van der Waals surface area (Å²) in [5.74, 6) is -0.471. The Labute approximate surface area is 92.8 Å². The first-order chi connectivity index (χ1) is 7.75. The molecular formula is C11H14N4O. The summed E-state index contributed by atoms with van der Waals surface area (Å²) in [5, 5.41) is 4.13. The fourth-order valence-corrected chi connectivity index (χ4v) is 2.51. The summed E-state index contributed by atoms with van der Waals surface area (Å²) in [4.78, 5) is 11.0. The molecule has 0 aromatic carbocycles. The molecule has 1 saturated carbocycles. The van der Waals surface area contributed by atoms with Gasteiger partial charge in [0.1, 0.15) is 5.65 Å². The van der Waals surface area contributed by atoms with Crippen LogP contribution in [0.4, 0.5) is 0 Å². The predicted molar refractivity (Wildman–Crippen MR) is 59.2 cm³/mol. The zero-order valence-corrected chi connectivity index (χ0v) is 8.97. The Morgan fingerprint density at radius 1 is 1.38 bits per heavy atom. The van der Waals surface area contributed by atoms with E-state index in [1.807, 2.05) is 12.4 Å². The van der Waals surface area contributed by atoms with Crippen molar-refractivity contribution in [1.29, 1.82) is 0 Å². The van der Waals surface area contributed by atoms with E-state index in [0.717, 1.165) is 5.65 Å². The Morgan fingerprint density at radius 3 is 2.81 bits per heavy atom. The number of rotatable bonds is 2. The van der Waals surface area contributed by atoms with Gasteiger partial charge in [-0.3, -0.25) is 4.79 Å². The van der Waals surface area contributed by atoms with Gasteiger partial charge in [-0.05, 0) is 12.8 Å². The number of aromatic nitrogens is 3. The van der Waals surface area contributed by atoms with Crippen LogP contribution >= 0.6 is 0 Å². The standard InChI is InChI=1S/C11H14N4O/c12-11(16)9-7-10-14(5-6-15(10)13-9)8-3-1-2-4-8/h5-8H,1-4H2,(H2,12,16). The number of hydrogen-bond acceptors (Lipinski definition) is 2. The largest absolute Gasteiger partial charge is 0.364 e. The summed E-state index contributed by atoms with van der Waals surface area (Å²) in [6, 6.07) is 2.32. The van der Waals surface area contributed by atoms with Crippen LogP contribution in [0.25, 0.3) is 5.65 Å². The molecule has 2 heterocycles.